The highest BCUT2D eigenvalue weighted by atomic mass is 32.2. The number of methoxy groups -OCH3 is 1. The van der Waals surface area contributed by atoms with E-state index >= 15 is 0 Å². The largest absolute Gasteiger partial charge is 0.497 e. The summed E-state index contributed by atoms with van der Waals surface area (Å²) in [5, 5.41) is 9.89. The number of carbonyl (C=O) groups is 2. The molecule has 3 aliphatic rings. The summed E-state index contributed by atoms with van der Waals surface area (Å²) in [6, 6.07) is 15.5. The Balaban J connectivity index is 1.38. The van der Waals surface area contributed by atoms with E-state index in [0.717, 1.165) is 38.8 Å². The predicted octanol–water partition coefficient (Wildman–Crippen LogP) is 5.31. The molecular formula is C37H43N5O7S. The van der Waals surface area contributed by atoms with Crippen LogP contribution in [0.15, 0.2) is 65.7 Å². The maximum atomic E-state index is 15.0. The van der Waals surface area contributed by atoms with Crippen molar-refractivity contribution in [2.75, 3.05) is 44.2 Å². The van der Waals surface area contributed by atoms with Crippen molar-refractivity contribution >= 4 is 27.7 Å². The molecule has 2 aromatic carbocycles. The Morgan fingerprint density at radius 2 is 1.66 bits per heavy atom. The molecule has 2 fully saturated rings. The standard InChI is InChI=1S/C37H43N5O7S/c1-5-48-34-31(7-6-18-39-34)37(49-36(44)41-21-16-28(17-22-41)27-14-19-40(20-15-27)25(2)3)32-23-26(24-38)8-13-33(32)42(35(37)43)50(45,46)30-11-9-29(47-4)10-12-30/h6-13,18,23,25,27-28H,5,14-17,19-22H2,1-4H3. The van der Waals surface area contributed by atoms with Crippen LogP contribution in [0.4, 0.5) is 10.5 Å². The van der Waals surface area contributed by atoms with E-state index in [4.69, 9.17) is 14.2 Å². The number of amides is 2. The van der Waals surface area contributed by atoms with E-state index in [1.807, 2.05) is 0 Å². The van der Waals surface area contributed by atoms with Crippen LogP contribution in [0, 0.1) is 23.2 Å². The van der Waals surface area contributed by atoms with Gasteiger partial charge in [0.25, 0.3) is 21.5 Å². The number of anilines is 1. The molecule has 50 heavy (non-hydrogen) atoms. The Morgan fingerprint density at radius 3 is 2.26 bits per heavy atom. The summed E-state index contributed by atoms with van der Waals surface area (Å²) < 4.78 is 46.7. The first-order valence-corrected chi connectivity index (χ1v) is 18.6. The fourth-order valence-electron chi connectivity index (χ4n) is 7.50. The highest BCUT2D eigenvalue weighted by molar-refractivity contribution is 7.93. The normalized spacial score (nSPS) is 20.4. The lowest BCUT2D eigenvalue weighted by Crippen LogP contribution is -2.50. The minimum atomic E-state index is -4.56. The number of likely N-dealkylation sites (tertiary alicyclic amines) is 2. The molecule has 264 valence electrons. The molecular weight excluding hydrogens is 659 g/mol. The molecule has 2 saturated heterocycles. The van der Waals surface area contributed by atoms with Crippen molar-refractivity contribution in [2.24, 2.45) is 11.8 Å². The van der Waals surface area contributed by atoms with Gasteiger partial charge < -0.3 is 24.0 Å². The summed E-state index contributed by atoms with van der Waals surface area (Å²) >= 11 is 0. The van der Waals surface area contributed by atoms with Crippen LogP contribution in [0.1, 0.15) is 63.1 Å². The number of sulfonamides is 1. The van der Waals surface area contributed by atoms with Crippen LogP contribution in [-0.2, 0) is 25.2 Å². The lowest BCUT2D eigenvalue weighted by molar-refractivity contribution is -0.132. The Kier molecular flexibility index (Phi) is 10.0. The number of aromatic nitrogens is 1. The second-order valence-corrected chi connectivity index (χ2v) is 15.0. The number of piperidine rings is 2. The number of pyridine rings is 1. The maximum Gasteiger partial charge on any atom is 0.411 e. The molecule has 13 heteroatoms. The fourth-order valence-corrected chi connectivity index (χ4v) is 8.96. The summed E-state index contributed by atoms with van der Waals surface area (Å²) in [5.74, 6) is 0.443. The summed E-state index contributed by atoms with van der Waals surface area (Å²) in [7, 11) is -3.10. The number of nitrogens with zero attached hydrogens (tertiary/aromatic N) is 5. The molecule has 3 aliphatic heterocycles. The van der Waals surface area contributed by atoms with Gasteiger partial charge in [-0.1, -0.05) is 0 Å². The molecule has 0 saturated carbocycles. The third kappa shape index (κ3) is 6.26. The molecule has 1 aromatic heterocycles. The second kappa shape index (κ2) is 14.3. The molecule has 3 aromatic rings. The van der Waals surface area contributed by atoms with Gasteiger partial charge in [-0.25, -0.2) is 18.2 Å². The summed E-state index contributed by atoms with van der Waals surface area (Å²) in [6.07, 6.45) is 4.55. The van der Waals surface area contributed by atoms with Crippen LogP contribution < -0.4 is 13.8 Å². The number of hydrogen-bond acceptors (Lipinski definition) is 10. The van der Waals surface area contributed by atoms with Crippen LogP contribution in [0.2, 0.25) is 0 Å². The van der Waals surface area contributed by atoms with Crippen molar-refractivity contribution in [3.63, 3.8) is 0 Å². The first-order chi connectivity index (χ1) is 24.0. The van der Waals surface area contributed by atoms with Crippen LogP contribution in [0.3, 0.4) is 0 Å². The van der Waals surface area contributed by atoms with Crippen molar-refractivity contribution in [1.82, 2.24) is 14.8 Å². The number of carbonyl (C=O) groups excluding carboxylic acids is 2. The Bertz CT molecular complexity index is 1880. The third-order valence-corrected chi connectivity index (χ3v) is 12.0. The summed E-state index contributed by atoms with van der Waals surface area (Å²) in [4.78, 5) is 37.5. The monoisotopic (exact) mass is 701 g/mol. The van der Waals surface area contributed by atoms with Crippen molar-refractivity contribution in [1.29, 1.82) is 5.26 Å². The molecule has 1 atom stereocenters. The molecule has 2 amide bonds. The lowest BCUT2D eigenvalue weighted by Gasteiger charge is -2.41. The van der Waals surface area contributed by atoms with E-state index in [1.165, 1.54) is 61.8 Å². The van der Waals surface area contributed by atoms with Gasteiger partial charge in [0.1, 0.15) is 5.75 Å². The van der Waals surface area contributed by atoms with E-state index in [-0.39, 0.29) is 39.8 Å². The molecule has 0 radical (unpaired) electrons. The van der Waals surface area contributed by atoms with Gasteiger partial charge in [-0.3, -0.25) is 4.79 Å². The molecule has 0 aliphatic carbocycles. The van der Waals surface area contributed by atoms with Crippen molar-refractivity contribution in [3.05, 3.63) is 77.5 Å². The van der Waals surface area contributed by atoms with E-state index in [0.29, 0.717) is 41.0 Å². The van der Waals surface area contributed by atoms with Gasteiger partial charge in [0.15, 0.2) is 0 Å². The average molecular weight is 702 g/mol. The fraction of sp³-hybridized carbons (Fsp3) is 0.459. The van der Waals surface area contributed by atoms with Crippen LogP contribution in [0.5, 0.6) is 11.6 Å². The van der Waals surface area contributed by atoms with Crippen LogP contribution in [-0.4, -0.2) is 81.1 Å². The number of ether oxygens (including phenoxy) is 3. The molecule has 0 spiro atoms. The minimum absolute atomic E-state index is 0.000366. The first kappa shape index (κ1) is 35.2. The van der Waals surface area contributed by atoms with Crippen LogP contribution >= 0.6 is 0 Å². The summed E-state index contributed by atoms with van der Waals surface area (Å²) in [5.41, 5.74) is -2.16. The van der Waals surface area contributed by atoms with Gasteiger partial charge >= 0.3 is 6.09 Å². The van der Waals surface area contributed by atoms with Gasteiger partial charge in [0.2, 0.25) is 5.88 Å². The van der Waals surface area contributed by atoms with E-state index in [2.05, 4.69) is 29.8 Å². The van der Waals surface area contributed by atoms with Gasteiger partial charge in [0.05, 0.1) is 41.5 Å². The van der Waals surface area contributed by atoms with Crippen molar-refractivity contribution < 1.29 is 32.2 Å². The van der Waals surface area contributed by atoms with Gasteiger partial charge in [-0.05, 0) is 126 Å². The summed E-state index contributed by atoms with van der Waals surface area (Å²) in [6.45, 7) is 9.37. The second-order valence-electron chi connectivity index (χ2n) is 13.2. The molecule has 12 nitrogen and oxygen atoms in total. The first-order valence-electron chi connectivity index (χ1n) is 17.1. The average Bonchev–Trinajstić information content (AvgIpc) is 3.39. The Labute approximate surface area is 293 Å². The molecule has 1 unspecified atom stereocenters. The molecule has 6 rings (SSSR count). The number of rotatable bonds is 9. The van der Waals surface area contributed by atoms with E-state index in [9.17, 15) is 23.3 Å². The minimum Gasteiger partial charge on any atom is -0.497 e. The lowest BCUT2D eigenvalue weighted by atomic mass is 9.78. The SMILES string of the molecule is CCOc1ncccc1C1(OC(=O)N2CCC(C3CCN(C(C)C)CC3)CC2)C(=O)N(S(=O)(=O)c2ccc(OC)cc2)c2ccc(C#N)cc21. The highest BCUT2D eigenvalue weighted by Crippen LogP contribution is 2.51. The zero-order valence-electron chi connectivity index (χ0n) is 28.9. The molecule has 4 heterocycles. The van der Waals surface area contributed by atoms with E-state index < -0.39 is 27.6 Å². The quantitative estimate of drug-likeness (QED) is 0.288. The zero-order chi connectivity index (χ0) is 35.6. The highest BCUT2D eigenvalue weighted by Gasteiger charge is 2.61. The Hall–Kier alpha value is -4.67. The van der Waals surface area contributed by atoms with Gasteiger partial charge in [0, 0.05) is 30.9 Å². The number of benzene rings is 2. The third-order valence-electron chi connectivity index (χ3n) is 10.2. The zero-order valence-corrected chi connectivity index (χ0v) is 29.7. The molecule has 0 N–H and O–H groups in total. The number of fused-ring (bicyclic) bond motifs is 1. The number of hydrogen-bond donors (Lipinski definition) is 0. The van der Waals surface area contributed by atoms with Crippen molar-refractivity contribution in [3.8, 4) is 17.7 Å². The van der Waals surface area contributed by atoms with Gasteiger partial charge in [-0.2, -0.15) is 9.57 Å². The predicted molar refractivity (Wildman–Crippen MR) is 185 cm³/mol. The topological polar surface area (TPSA) is 142 Å². The maximum absolute atomic E-state index is 15.0. The molecule has 0 bridgehead atoms. The number of nitriles is 1. The van der Waals surface area contributed by atoms with Gasteiger partial charge in [-0.15, -0.1) is 0 Å². The van der Waals surface area contributed by atoms with Crippen LogP contribution in [0.25, 0.3) is 0 Å². The van der Waals surface area contributed by atoms with E-state index in [1.54, 1.807) is 17.9 Å². The van der Waals surface area contributed by atoms with Crippen molar-refractivity contribution in [2.45, 2.75) is 63.0 Å². The smallest absolute Gasteiger partial charge is 0.411 e. The Morgan fingerprint density at radius 1 is 1.00 bits per heavy atom.